The van der Waals surface area contributed by atoms with Gasteiger partial charge >= 0.3 is 0 Å². The predicted molar refractivity (Wildman–Crippen MR) is 106 cm³/mol. The summed E-state index contributed by atoms with van der Waals surface area (Å²) in [5.74, 6) is -0.673. The molecule has 0 aromatic heterocycles. The topological polar surface area (TPSA) is 58.6 Å². The van der Waals surface area contributed by atoms with Gasteiger partial charge in [-0.2, -0.15) is 0 Å². The quantitative estimate of drug-likeness (QED) is 0.746. The Hall–Kier alpha value is -3.41. The number of ether oxygens (including phenoxy) is 1. The molecule has 0 atom stereocenters. The van der Waals surface area contributed by atoms with E-state index in [4.69, 9.17) is 4.74 Å². The number of rotatable bonds is 3. The molecule has 2 amide bonds. The van der Waals surface area contributed by atoms with E-state index in [2.05, 4.69) is 5.32 Å². The van der Waals surface area contributed by atoms with Crippen LogP contribution in [0.2, 0.25) is 0 Å². The number of hydrogen-bond donors (Lipinski definition) is 1. The zero-order valence-corrected chi connectivity index (χ0v) is 15.5. The maximum atomic E-state index is 13.6. The molecular weight excluding hydrogens is 359 g/mol. The van der Waals surface area contributed by atoms with Crippen LogP contribution in [0.4, 0.5) is 15.8 Å². The lowest BCUT2D eigenvalue weighted by molar-refractivity contribution is -0.127. The first-order valence-electron chi connectivity index (χ1n) is 8.92. The third-order valence-electron chi connectivity index (χ3n) is 4.91. The summed E-state index contributed by atoms with van der Waals surface area (Å²) in [6.07, 6.45) is 0. The summed E-state index contributed by atoms with van der Waals surface area (Å²) in [5, 5.41) is 4.56. The standard InChI is InChI=1S/C22H19FN2O3/c1-22(2)21(27)24-17-12-15(23)10-11-18(17)25(22)20(26)13-28-19-9-5-7-14-6-3-4-8-16(14)19/h3-12H,13H2,1-2H3,(H,24,27). The number of anilines is 2. The molecule has 0 bridgehead atoms. The van der Waals surface area contributed by atoms with E-state index in [9.17, 15) is 14.0 Å². The van der Waals surface area contributed by atoms with Crippen LogP contribution in [0.25, 0.3) is 10.8 Å². The minimum Gasteiger partial charge on any atom is -0.483 e. The van der Waals surface area contributed by atoms with Gasteiger partial charge in [0.15, 0.2) is 6.61 Å². The van der Waals surface area contributed by atoms with Crippen molar-refractivity contribution in [2.75, 3.05) is 16.8 Å². The first-order chi connectivity index (χ1) is 13.4. The molecule has 0 spiro atoms. The molecule has 1 heterocycles. The van der Waals surface area contributed by atoms with Crippen LogP contribution in [0, 0.1) is 5.82 Å². The van der Waals surface area contributed by atoms with Gasteiger partial charge in [0.25, 0.3) is 5.91 Å². The van der Waals surface area contributed by atoms with E-state index >= 15 is 0 Å². The predicted octanol–water partition coefficient (Wildman–Crippen LogP) is 4.12. The van der Waals surface area contributed by atoms with Crippen molar-refractivity contribution in [3.63, 3.8) is 0 Å². The fourth-order valence-electron chi connectivity index (χ4n) is 3.45. The van der Waals surface area contributed by atoms with Crippen LogP contribution in [-0.4, -0.2) is 24.0 Å². The van der Waals surface area contributed by atoms with Crippen LogP contribution in [0.1, 0.15) is 13.8 Å². The highest BCUT2D eigenvalue weighted by atomic mass is 19.1. The second kappa shape index (κ2) is 6.64. The molecule has 3 aromatic carbocycles. The second-order valence-electron chi connectivity index (χ2n) is 7.17. The maximum absolute atomic E-state index is 13.6. The number of nitrogens with one attached hydrogen (secondary N) is 1. The van der Waals surface area contributed by atoms with Gasteiger partial charge in [-0.25, -0.2) is 4.39 Å². The molecule has 5 nitrogen and oxygen atoms in total. The van der Waals surface area contributed by atoms with Gasteiger partial charge in [-0.15, -0.1) is 0 Å². The Kier molecular flexibility index (Phi) is 4.26. The summed E-state index contributed by atoms with van der Waals surface area (Å²) in [4.78, 5) is 26.9. The lowest BCUT2D eigenvalue weighted by Gasteiger charge is -2.41. The van der Waals surface area contributed by atoms with Crippen molar-refractivity contribution in [3.8, 4) is 5.75 Å². The number of nitrogens with zero attached hydrogens (tertiary/aromatic N) is 1. The fourth-order valence-corrected chi connectivity index (χ4v) is 3.45. The molecule has 0 saturated heterocycles. The highest BCUT2D eigenvalue weighted by molar-refractivity contribution is 6.14. The number of carbonyl (C=O) groups excluding carboxylic acids is 2. The van der Waals surface area contributed by atoms with E-state index in [0.717, 1.165) is 10.8 Å². The summed E-state index contributed by atoms with van der Waals surface area (Å²) in [6.45, 7) is 3.04. The van der Waals surface area contributed by atoms with Gasteiger partial charge in [0.1, 0.15) is 17.1 Å². The van der Waals surface area contributed by atoms with Gasteiger partial charge < -0.3 is 10.1 Å². The third kappa shape index (κ3) is 2.97. The Labute approximate surface area is 161 Å². The molecule has 142 valence electrons. The lowest BCUT2D eigenvalue weighted by atomic mass is 9.96. The number of amides is 2. The van der Waals surface area contributed by atoms with E-state index in [-0.39, 0.29) is 24.1 Å². The van der Waals surface area contributed by atoms with Crippen LogP contribution in [0.3, 0.4) is 0 Å². The number of hydrogen-bond acceptors (Lipinski definition) is 3. The van der Waals surface area contributed by atoms with E-state index in [0.29, 0.717) is 11.4 Å². The number of fused-ring (bicyclic) bond motifs is 2. The lowest BCUT2D eigenvalue weighted by Crippen LogP contribution is -2.59. The van der Waals surface area contributed by atoms with Gasteiger partial charge in [-0.05, 0) is 43.5 Å². The molecule has 0 radical (unpaired) electrons. The minimum atomic E-state index is -1.13. The highest BCUT2D eigenvalue weighted by Crippen LogP contribution is 2.37. The van der Waals surface area contributed by atoms with Crippen molar-refractivity contribution in [3.05, 3.63) is 66.5 Å². The summed E-state index contributed by atoms with van der Waals surface area (Å²) in [6, 6.07) is 17.3. The molecule has 6 heteroatoms. The van der Waals surface area contributed by atoms with Gasteiger partial charge in [0, 0.05) is 5.39 Å². The van der Waals surface area contributed by atoms with Gasteiger partial charge in [0.2, 0.25) is 5.91 Å². The Morgan fingerprint density at radius 3 is 2.68 bits per heavy atom. The first-order valence-corrected chi connectivity index (χ1v) is 8.92. The molecule has 0 saturated carbocycles. The zero-order valence-electron chi connectivity index (χ0n) is 15.5. The van der Waals surface area contributed by atoms with Gasteiger partial charge in [0.05, 0.1) is 11.4 Å². The molecule has 0 aliphatic carbocycles. The molecule has 1 aliphatic rings. The summed E-state index contributed by atoms with van der Waals surface area (Å²) < 4.78 is 19.4. The Morgan fingerprint density at radius 2 is 1.86 bits per heavy atom. The number of carbonyl (C=O) groups is 2. The van der Waals surface area contributed by atoms with Gasteiger partial charge in [-0.3, -0.25) is 14.5 Å². The maximum Gasteiger partial charge on any atom is 0.265 e. The average molecular weight is 378 g/mol. The second-order valence-corrected chi connectivity index (χ2v) is 7.17. The van der Waals surface area contributed by atoms with E-state index in [1.807, 2.05) is 36.4 Å². The molecule has 1 aliphatic heterocycles. The van der Waals surface area contributed by atoms with Crippen LogP contribution in [0.5, 0.6) is 5.75 Å². The molecule has 0 unspecified atom stereocenters. The molecule has 1 N–H and O–H groups in total. The van der Waals surface area contributed by atoms with Crippen LogP contribution < -0.4 is 15.0 Å². The van der Waals surface area contributed by atoms with Crippen LogP contribution >= 0.6 is 0 Å². The van der Waals surface area contributed by atoms with Crippen molar-refractivity contribution >= 4 is 34.0 Å². The Bertz CT molecular complexity index is 1090. The Morgan fingerprint density at radius 1 is 1.11 bits per heavy atom. The largest absolute Gasteiger partial charge is 0.483 e. The van der Waals surface area contributed by atoms with Crippen molar-refractivity contribution in [1.82, 2.24) is 0 Å². The summed E-state index contributed by atoms with van der Waals surface area (Å²) in [5.41, 5.74) is -0.426. The smallest absolute Gasteiger partial charge is 0.265 e. The normalized spacial score (nSPS) is 15.1. The van der Waals surface area contributed by atoms with E-state index < -0.39 is 11.4 Å². The van der Waals surface area contributed by atoms with Crippen molar-refractivity contribution in [2.45, 2.75) is 19.4 Å². The van der Waals surface area contributed by atoms with E-state index in [1.54, 1.807) is 19.9 Å². The number of benzene rings is 3. The molecule has 3 aromatic rings. The molecule has 28 heavy (non-hydrogen) atoms. The van der Waals surface area contributed by atoms with Gasteiger partial charge in [-0.1, -0.05) is 36.4 Å². The minimum absolute atomic E-state index is 0.248. The zero-order chi connectivity index (χ0) is 19.9. The monoisotopic (exact) mass is 378 g/mol. The molecular formula is C22H19FN2O3. The summed E-state index contributed by atoms with van der Waals surface area (Å²) in [7, 11) is 0. The van der Waals surface area contributed by atoms with Crippen molar-refractivity contribution < 1.29 is 18.7 Å². The highest BCUT2D eigenvalue weighted by Gasteiger charge is 2.43. The molecule has 0 fully saturated rings. The molecule has 4 rings (SSSR count). The SMILES string of the molecule is CC1(C)C(=O)Nc2cc(F)ccc2N1C(=O)COc1cccc2ccccc12. The van der Waals surface area contributed by atoms with Crippen LogP contribution in [-0.2, 0) is 9.59 Å². The van der Waals surface area contributed by atoms with Crippen molar-refractivity contribution in [1.29, 1.82) is 0 Å². The van der Waals surface area contributed by atoms with Crippen LogP contribution in [0.15, 0.2) is 60.7 Å². The fraction of sp³-hybridized carbons (Fsp3) is 0.182. The third-order valence-corrected chi connectivity index (χ3v) is 4.91. The Balaban J connectivity index is 1.64. The van der Waals surface area contributed by atoms with Crippen molar-refractivity contribution in [2.24, 2.45) is 0 Å². The number of halogens is 1. The first kappa shape index (κ1) is 18.0. The summed E-state index contributed by atoms with van der Waals surface area (Å²) >= 11 is 0. The average Bonchev–Trinajstić information content (AvgIpc) is 2.67. The van der Waals surface area contributed by atoms with E-state index in [1.165, 1.54) is 23.1 Å².